The summed E-state index contributed by atoms with van der Waals surface area (Å²) in [6.07, 6.45) is 4.42. The number of phenols is 1. The first-order valence-electron chi connectivity index (χ1n) is 17.0. The number of amides is 4. The number of carboxylic acid groups (broad SMARTS) is 1. The van der Waals surface area contributed by atoms with Gasteiger partial charge in [0.1, 0.15) is 29.9 Å². The molecule has 0 saturated carbocycles. The summed E-state index contributed by atoms with van der Waals surface area (Å²) >= 11 is 0. The minimum Gasteiger partial charge on any atom is -0.508 e. The van der Waals surface area contributed by atoms with Gasteiger partial charge >= 0.3 is 5.97 Å². The number of guanidine groups is 1. The summed E-state index contributed by atoms with van der Waals surface area (Å²) in [5.74, 6) is -3.78. The van der Waals surface area contributed by atoms with E-state index in [4.69, 9.17) is 17.2 Å². The van der Waals surface area contributed by atoms with Crippen molar-refractivity contribution in [2.75, 3.05) is 13.1 Å². The fraction of sp³-hybridized carbons (Fsp3) is 0.400. The topological polar surface area (TPSA) is 284 Å². The molecule has 0 radical (unpaired) electrons. The van der Waals surface area contributed by atoms with Crippen LogP contribution in [0.25, 0.3) is 0 Å². The normalized spacial score (nSPS) is 16.2. The van der Waals surface area contributed by atoms with Crippen LogP contribution in [0.3, 0.4) is 0 Å². The number of aliphatic carboxylic acids is 1. The number of imidazole rings is 1. The third kappa shape index (κ3) is 11.5. The number of carbonyl (C=O) groups excluding carboxylic acids is 4. The van der Waals surface area contributed by atoms with Crippen LogP contribution in [0.5, 0.6) is 5.75 Å². The molecular weight excluding hydrogens is 672 g/mol. The molecule has 0 unspecified atom stereocenters. The summed E-state index contributed by atoms with van der Waals surface area (Å²) in [5.41, 5.74) is 18.7. The molecule has 1 aromatic heterocycles. The van der Waals surface area contributed by atoms with Gasteiger partial charge in [0.25, 0.3) is 0 Å². The number of likely N-dealkylation sites (tertiary alicyclic amines) is 1. The first-order valence-corrected chi connectivity index (χ1v) is 17.0. The van der Waals surface area contributed by atoms with E-state index in [-0.39, 0.29) is 56.9 Å². The molecule has 52 heavy (non-hydrogen) atoms. The number of aromatic amines is 1. The Morgan fingerprint density at radius 2 is 1.58 bits per heavy atom. The van der Waals surface area contributed by atoms with E-state index in [1.54, 1.807) is 42.5 Å². The lowest BCUT2D eigenvalue weighted by Gasteiger charge is -2.30. The quantitative estimate of drug-likeness (QED) is 0.0439. The van der Waals surface area contributed by atoms with Gasteiger partial charge in [-0.2, -0.15) is 0 Å². The predicted molar refractivity (Wildman–Crippen MR) is 190 cm³/mol. The number of carboxylic acids is 1. The van der Waals surface area contributed by atoms with Crippen molar-refractivity contribution in [2.24, 2.45) is 22.2 Å². The van der Waals surface area contributed by atoms with E-state index in [1.165, 1.54) is 29.6 Å². The Morgan fingerprint density at radius 3 is 2.23 bits per heavy atom. The van der Waals surface area contributed by atoms with Crippen LogP contribution < -0.4 is 33.2 Å². The lowest BCUT2D eigenvalue weighted by atomic mass is 10.0. The molecule has 5 atom stereocenters. The van der Waals surface area contributed by atoms with E-state index in [2.05, 4.69) is 30.9 Å². The van der Waals surface area contributed by atoms with Gasteiger partial charge in [0.15, 0.2) is 5.96 Å². The van der Waals surface area contributed by atoms with Gasteiger partial charge in [-0.15, -0.1) is 0 Å². The highest BCUT2D eigenvalue weighted by molar-refractivity contribution is 5.96. The number of aromatic hydroxyl groups is 1. The third-order valence-corrected chi connectivity index (χ3v) is 8.64. The van der Waals surface area contributed by atoms with Crippen LogP contribution in [-0.2, 0) is 43.2 Å². The number of H-pyrrole nitrogens is 1. The summed E-state index contributed by atoms with van der Waals surface area (Å²) in [6.45, 7) is 0.490. The molecule has 1 fully saturated rings. The zero-order chi connectivity index (χ0) is 37.6. The standard InChI is InChI=1S/C35H46N10O7/c36-25(8-4-14-40-35(37)38)30(47)43-27(18-23-19-39-20-41-23)33(50)45-15-5-9-29(45)32(49)42-26(16-22-10-12-24(46)13-11-22)31(48)44-28(34(51)52)17-21-6-2-1-3-7-21/h1-3,6-7,10-13,19-20,25-29,46H,4-5,8-9,14-18,36H2,(H,39,41)(H,42,49)(H,43,47)(H,44,48)(H,51,52)(H4,37,38,40)/t25-,26-,27-,28-,29-/m0/s1. The summed E-state index contributed by atoms with van der Waals surface area (Å²) in [6, 6.07) is 9.26. The van der Waals surface area contributed by atoms with E-state index in [0.717, 1.165) is 0 Å². The van der Waals surface area contributed by atoms with Crippen LogP contribution in [0.15, 0.2) is 72.1 Å². The molecule has 1 saturated heterocycles. The Bertz CT molecular complexity index is 1680. The lowest BCUT2D eigenvalue weighted by Crippen LogP contribution is -2.59. The van der Waals surface area contributed by atoms with Gasteiger partial charge in [0, 0.05) is 44.2 Å². The number of rotatable bonds is 18. The maximum atomic E-state index is 14.1. The van der Waals surface area contributed by atoms with E-state index in [9.17, 15) is 34.2 Å². The zero-order valence-corrected chi connectivity index (χ0v) is 28.6. The third-order valence-electron chi connectivity index (χ3n) is 8.64. The molecule has 17 heteroatoms. The number of nitrogens with one attached hydrogen (secondary N) is 4. The van der Waals surface area contributed by atoms with Crippen LogP contribution in [0.4, 0.5) is 0 Å². The van der Waals surface area contributed by atoms with E-state index >= 15 is 0 Å². The average Bonchev–Trinajstić information content (AvgIpc) is 3.83. The fourth-order valence-corrected chi connectivity index (χ4v) is 5.92. The number of phenolic OH excluding ortho intramolecular Hbond substituents is 1. The maximum absolute atomic E-state index is 14.1. The van der Waals surface area contributed by atoms with Crippen molar-refractivity contribution in [3.63, 3.8) is 0 Å². The molecule has 3 aromatic rings. The van der Waals surface area contributed by atoms with Crippen LogP contribution >= 0.6 is 0 Å². The van der Waals surface area contributed by atoms with Gasteiger partial charge in [0.05, 0.1) is 12.4 Å². The van der Waals surface area contributed by atoms with Crippen LogP contribution in [0.2, 0.25) is 0 Å². The van der Waals surface area contributed by atoms with Gasteiger partial charge in [-0.25, -0.2) is 9.78 Å². The Balaban J connectivity index is 1.50. The van der Waals surface area contributed by atoms with Crippen molar-refractivity contribution in [2.45, 2.75) is 75.2 Å². The Labute approximate surface area is 300 Å². The molecule has 0 bridgehead atoms. The first-order chi connectivity index (χ1) is 24.9. The highest BCUT2D eigenvalue weighted by Crippen LogP contribution is 2.21. The molecule has 1 aliphatic rings. The highest BCUT2D eigenvalue weighted by Gasteiger charge is 2.39. The molecular formula is C35H46N10O7. The van der Waals surface area contributed by atoms with Gasteiger partial charge < -0.3 is 53.2 Å². The molecule has 1 aliphatic heterocycles. The second kappa shape index (κ2) is 18.9. The van der Waals surface area contributed by atoms with Gasteiger partial charge in [-0.1, -0.05) is 42.5 Å². The largest absolute Gasteiger partial charge is 0.508 e. The minimum absolute atomic E-state index is 0.00590. The van der Waals surface area contributed by atoms with Gasteiger partial charge in [0.2, 0.25) is 23.6 Å². The van der Waals surface area contributed by atoms with Crippen LogP contribution in [0.1, 0.15) is 42.5 Å². The number of aromatic nitrogens is 2. The molecule has 17 nitrogen and oxygen atoms in total. The number of hydrogen-bond acceptors (Lipinski definition) is 9. The smallest absolute Gasteiger partial charge is 0.326 e. The molecule has 2 aromatic carbocycles. The number of aliphatic imine (C=N–C) groups is 1. The van der Waals surface area contributed by atoms with Crippen molar-refractivity contribution >= 4 is 35.6 Å². The highest BCUT2D eigenvalue weighted by atomic mass is 16.4. The van der Waals surface area contributed by atoms with Crippen molar-refractivity contribution in [1.29, 1.82) is 0 Å². The van der Waals surface area contributed by atoms with Gasteiger partial charge in [-0.3, -0.25) is 24.2 Å². The summed E-state index contributed by atoms with van der Waals surface area (Å²) in [4.78, 5) is 79.1. The number of nitrogens with two attached hydrogens (primary N) is 3. The molecule has 4 amide bonds. The van der Waals surface area contributed by atoms with E-state index in [1.807, 2.05) is 0 Å². The van der Waals surface area contributed by atoms with Crippen molar-refractivity contribution in [3.05, 3.63) is 83.9 Å². The van der Waals surface area contributed by atoms with Crippen LogP contribution in [-0.4, -0.2) is 104 Å². The van der Waals surface area contributed by atoms with E-state index < -0.39 is 59.8 Å². The predicted octanol–water partition coefficient (Wildman–Crippen LogP) is -0.946. The Kier molecular flexibility index (Phi) is 14.1. The molecule has 4 rings (SSSR count). The molecule has 12 N–H and O–H groups in total. The zero-order valence-electron chi connectivity index (χ0n) is 28.6. The van der Waals surface area contributed by atoms with Crippen molar-refractivity contribution < 1.29 is 34.2 Å². The molecule has 278 valence electrons. The lowest BCUT2D eigenvalue weighted by molar-refractivity contribution is -0.143. The van der Waals surface area contributed by atoms with Crippen LogP contribution in [0, 0.1) is 0 Å². The Morgan fingerprint density at radius 1 is 0.904 bits per heavy atom. The number of nitrogens with zero attached hydrogens (tertiary/aromatic N) is 3. The number of carbonyl (C=O) groups is 5. The minimum atomic E-state index is -1.29. The first kappa shape index (κ1) is 38.8. The number of hydrogen-bond donors (Lipinski definition) is 9. The average molecular weight is 719 g/mol. The summed E-state index contributed by atoms with van der Waals surface area (Å²) in [5, 5.41) is 27.7. The molecule has 0 spiro atoms. The number of benzene rings is 2. The monoisotopic (exact) mass is 718 g/mol. The summed E-state index contributed by atoms with van der Waals surface area (Å²) < 4.78 is 0. The van der Waals surface area contributed by atoms with E-state index in [0.29, 0.717) is 29.7 Å². The van der Waals surface area contributed by atoms with Crippen molar-refractivity contribution in [1.82, 2.24) is 30.8 Å². The second-order valence-corrected chi connectivity index (χ2v) is 12.6. The molecule has 0 aliphatic carbocycles. The SMILES string of the molecule is NC(N)=NCCC[C@H](N)C(=O)N[C@@H](Cc1cnc[nH]1)C(=O)N1CCC[C@H]1C(=O)N[C@@H](Cc1ccc(O)cc1)C(=O)N[C@@H](Cc1ccccc1)C(=O)O. The summed E-state index contributed by atoms with van der Waals surface area (Å²) in [7, 11) is 0. The maximum Gasteiger partial charge on any atom is 0.326 e. The van der Waals surface area contributed by atoms with Crippen molar-refractivity contribution in [3.8, 4) is 5.75 Å². The second-order valence-electron chi connectivity index (χ2n) is 12.6. The van der Waals surface area contributed by atoms with Gasteiger partial charge in [-0.05, 0) is 48.9 Å². The molecule has 2 heterocycles. The Hall–Kier alpha value is -5.97. The fourth-order valence-electron chi connectivity index (χ4n) is 5.92.